The van der Waals surface area contributed by atoms with Gasteiger partial charge in [0.15, 0.2) is 5.78 Å². The van der Waals surface area contributed by atoms with Crippen LogP contribution in [0.4, 0.5) is 0 Å². The number of fused-ring (bicyclic) bond motifs is 5. The van der Waals surface area contributed by atoms with Crippen LogP contribution < -0.4 is 0 Å². The van der Waals surface area contributed by atoms with E-state index >= 15 is 0 Å². The predicted molar refractivity (Wildman–Crippen MR) is 97.5 cm³/mol. The van der Waals surface area contributed by atoms with E-state index in [0.717, 1.165) is 32.1 Å². The highest BCUT2D eigenvalue weighted by molar-refractivity contribution is 5.91. The largest absolute Gasteiger partial charge is 0.481 e. The number of carbonyl (C=O) groups excluding carboxylic acids is 2. The minimum atomic E-state index is -0.746. The molecule has 4 heteroatoms. The number of ketones is 2. The lowest BCUT2D eigenvalue weighted by molar-refractivity contribution is -0.140. The lowest BCUT2D eigenvalue weighted by atomic mass is 9.44. The number of carboxylic acids is 1. The van der Waals surface area contributed by atoms with Crippen molar-refractivity contribution >= 4 is 17.5 Å². The fourth-order valence-electron chi connectivity index (χ4n) is 7.08. The van der Waals surface area contributed by atoms with Gasteiger partial charge < -0.3 is 5.11 Å². The number of hydrogen-bond donors (Lipinski definition) is 1. The molecule has 4 aliphatic rings. The maximum Gasteiger partial charge on any atom is 0.303 e. The summed E-state index contributed by atoms with van der Waals surface area (Å²) in [7, 11) is 0. The van der Waals surface area contributed by atoms with Gasteiger partial charge in [-0.3, -0.25) is 14.4 Å². The number of Topliss-reactive ketones (excluding diaryl/α,β-unsaturated/α-hetero) is 1. The van der Waals surface area contributed by atoms with Gasteiger partial charge in [-0.25, -0.2) is 0 Å². The van der Waals surface area contributed by atoms with E-state index in [0.29, 0.717) is 42.8 Å². The highest BCUT2D eigenvalue weighted by Crippen LogP contribution is 2.66. The summed E-state index contributed by atoms with van der Waals surface area (Å²) >= 11 is 0. The lowest BCUT2D eigenvalue weighted by Crippen LogP contribution is -2.53. The zero-order valence-corrected chi connectivity index (χ0v) is 15.9. The fraction of sp³-hybridized carbons (Fsp3) is 0.773. The van der Waals surface area contributed by atoms with Crippen LogP contribution in [0.25, 0.3) is 0 Å². The topological polar surface area (TPSA) is 71.4 Å². The van der Waals surface area contributed by atoms with E-state index in [1.807, 2.05) is 6.08 Å². The molecular formula is C22H30O4. The van der Waals surface area contributed by atoms with Gasteiger partial charge in [0, 0.05) is 24.7 Å². The third kappa shape index (κ3) is 2.51. The highest BCUT2D eigenvalue weighted by atomic mass is 16.4. The summed E-state index contributed by atoms with van der Waals surface area (Å²) in [5.41, 5.74) is 1.12. The van der Waals surface area contributed by atoms with Gasteiger partial charge in [-0.1, -0.05) is 19.4 Å². The second-order valence-electron chi connectivity index (χ2n) is 9.66. The number of carboxylic acid groups (broad SMARTS) is 1. The highest BCUT2D eigenvalue weighted by Gasteiger charge is 2.61. The molecule has 1 N–H and O–H groups in total. The average Bonchev–Trinajstić information content (AvgIpc) is 2.89. The van der Waals surface area contributed by atoms with Gasteiger partial charge in [0.25, 0.3) is 0 Å². The Bertz CT molecular complexity index is 692. The molecule has 142 valence electrons. The van der Waals surface area contributed by atoms with E-state index in [1.165, 1.54) is 5.57 Å². The first-order valence-electron chi connectivity index (χ1n) is 10.2. The molecule has 0 aromatic carbocycles. The molecule has 0 spiro atoms. The molecule has 4 rings (SSSR count). The van der Waals surface area contributed by atoms with Crippen molar-refractivity contribution in [3.63, 3.8) is 0 Å². The van der Waals surface area contributed by atoms with Gasteiger partial charge in [0.1, 0.15) is 5.78 Å². The summed E-state index contributed by atoms with van der Waals surface area (Å²) in [6.45, 7) is 4.49. The molecule has 0 aromatic heterocycles. The van der Waals surface area contributed by atoms with Crippen molar-refractivity contribution in [2.45, 2.75) is 71.6 Å². The van der Waals surface area contributed by atoms with Crippen molar-refractivity contribution in [2.24, 2.45) is 34.5 Å². The first kappa shape index (κ1) is 17.9. The van der Waals surface area contributed by atoms with Crippen LogP contribution in [0.1, 0.15) is 71.6 Å². The SMILES string of the molecule is C[C@]12CCC(=O)C=C1CC(CCC(=O)O)C1C2CC[C@]2(C)C(=O)CCC12. The summed E-state index contributed by atoms with van der Waals surface area (Å²) < 4.78 is 0. The number of carbonyl (C=O) groups is 3. The third-order valence-electron chi connectivity index (χ3n) is 8.58. The van der Waals surface area contributed by atoms with Crippen LogP contribution in [0.2, 0.25) is 0 Å². The molecule has 4 nitrogen and oxygen atoms in total. The van der Waals surface area contributed by atoms with E-state index in [2.05, 4.69) is 13.8 Å². The van der Waals surface area contributed by atoms with Crippen molar-refractivity contribution in [2.75, 3.05) is 0 Å². The molecule has 0 aromatic rings. The molecule has 0 heterocycles. The number of allylic oxidation sites excluding steroid dienone is 1. The third-order valence-corrected chi connectivity index (χ3v) is 8.58. The Kier molecular flexibility index (Phi) is 4.16. The van der Waals surface area contributed by atoms with E-state index in [9.17, 15) is 19.5 Å². The molecule has 4 aliphatic carbocycles. The smallest absolute Gasteiger partial charge is 0.303 e. The van der Waals surface area contributed by atoms with E-state index in [-0.39, 0.29) is 29.0 Å². The van der Waals surface area contributed by atoms with Crippen molar-refractivity contribution in [3.05, 3.63) is 11.6 Å². The van der Waals surface area contributed by atoms with Gasteiger partial charge in [-0.15, -0.1) is 0 Å². The van der Waals surface area contributed by atoms with Crippen LogP contribution in [0.5, 0.6) is 0 Å². The van der Waals surface area contributed by atoms with Gasteiger partial charge in [-0.05, 0) is 73.7 Å². The van der Waals surface area contributed by atoms with Gasteiger partial charge in [0.05, 0.1) is 0 Å². The Labute approximate surface area is 155 Å². The molecule has 4 unspecified atom stereocenters. The minimum Gasteiger partial charge on any atom is -0.481 e. The summed E-state index contributed by atoms with van der Waals surface area (Å²) in [5.74, 6) is 1.49. The molecule has 0 saturated heterocycles. The van der Waals surface area contributed by atoms with Crippen LogP contribution in [-0.2, 0) is 14.4 Å². The second-order valence-corrected chi connectivity index (χ2v) is 9.66. The first-order chi connectivity index (χ1) is 12.3. The van der Waals surface area contributed by atoms with Crippen molar-refractivity contribution in [3.8, 4) is 0 Å². The van der Waals surface area contributed by atoms with E-state index in [4.69, 9.17) is 0 Å². The molecular weight excluding hydrogens is 328 g/mol. The van der Waals surface area contributed by atoms with Crippen molar-refractivity contribution in [1.29, 1.82) is 0 Å². The normalized spacial score (nSPS) is 44.8. The molecule has 0 bridgehead atoms. The Morgan fingerprint density at radius 3 is 2.58 bits per heavy atom. The molecule has 6 atom stereocenters. The summed E-state index contributed by atoms with van der Waals surface area (Å²) in [6, 6.07) is 0. The lowest BCUT2D eigenvalue weighted by Gasteiger charge is -2.59. The maximum atomic E-state index is 12.6. The summed E-state index contributed by atoms with van der Waals surface area (Å²) in [4.78, 5) is 35.9. The van der Waals surface area contributed by atoms with Gasteiger partial charge in [0.2, 0.25) is 0 Å². The fourth-order valence-corrected chi connectivity index (χ4v) is 7.08. The maximum absolute atomic E-state index is 12.6. The number of aliphatic carboxylic acids is 1. The monoisotopic (exact) mass is 358 g/mol. The van der Waals surface area contributed by atoms with Crippen LogP contribution in [0.15, 0.2) is 11.6 Å². The zero-order chi connectivity index (χ0) is 18.7. The van der Waals surface area contributed by atoms with Crippen LogP contribution in [0, 0.1) is 34.5 Å². The zero-order valence-electron chi connectivity index (χ0n) is 15.9. The standard InChI is InChI=1S/C22H30O4/c1-21-9-7-15(23)12-14(21)11-13(3-6-19(25)26)20-16-4-5-18(24)22(16,2)10-8-17(20)21/h12-13,16-17,20H,3-11H2,1-2H3,(H,25,26)/t13?,16?,17?,20?,21-,22-/m0/s1. The van der Waals surface area contributed by atoms with Gasteiger partial charge in [-0.2, -0.15) is 0 Å². The van der Waals surface area contributed by atoms with E-state index in [1.54, 1.807) is 0 Å². The first-order valence-corrected chi connectivity index (χ1v) is 10.2. The average molecular weight is 358 g/mol. The molecule has 26 heavy (non-hydrogen) atoms. The molecule has 3 fully saturated rings. The molecule has 0 amide bonds. The van der Waals surface area contributed by atoms with Crippen LogP contribution in [0.3, 0.4) is 0 Å². The van der Waals surface area contributed by atoms with Crippen molar-refractivity contribution in [1.82, 2.24) is 0 Å². The summed E-state index contributed by atoms with van der Waals surface area (Å²) in [5, 5.41) is 9.22. The Morgan fingerprint density at radius 2 is 1.85 bits per heavy atom. The van der Waals surface area contributed by atoms with Crippen LogP contribution in [-0.4, -0.2) is 22.6 Å². The number of hydrogen-bond acceptors (Lipinski definition) is 3. The quantitative estimate of drug-likeness (QED) is 0.821. The summed E-state index contributed by atoms with van der Waals surface area (Å²) in [6.07, 6.45) is 8.77. The molecule has 0 radical (unpaired) electrons. The predicted octanol–water partition coefficient (Wildman–Crippen LogP) is 4.18. The Morgan fingerprint density at radius 1 is 1.12 bits per heavy atom. The van der Waals surface area contributed by atoms with Gasteiger partial charge >= 0.3 is 5.97 Å². The second kappa shape index (κ2) is 6.03. The van der Waals surface area contributed by atoms with Crippen LogP contribution >= 0.6 is 0 Å². The Balaban J connectivity index is 1.73. The van der Waals surface area contributed by atoms with E-state index < -0.39 is 5.97 Å². The number of rotatable bonds is 3. The minimum absolute atomic E-state index is 0.0608. The molecule has 0 aliphatic heterocycles. The Hall–Kier alpha value is -1.45. The molecule has 3 saturated carbocycles. The van der Waals surface area contributed by atoms with Crippen molar-refractivity contribution < 1.29 is 19.5 Å².